The molecule has 0 saturated heterocycles. The number of hydrogen-bond donors (Lipinski definition) is 0. The third kappa shape index (κ3) is 5.84. The van der Waals surface area contributed by atoms with Crippen molar-refractivity contribution in [3.63, 3.8) is 0 Å². The lowest BCUT2D eigenvalue weighted by Crippen LogP contribution is -2.17. The molecule has 2 aromatic rings. The highest BCUT2D eigenvalue weighted by molar-refractivity contribution is 5.86. The van der Waals surface area contributed by atoms with Crippen LogP contribution in [0.1, 0.15) is 39.7 Å². The summed E-state index contributed by atoms with van der Waals surface area (Å²) in [6.45, 7) is 9.50. The Kier molecular flexibility index (Phi) is 6.99. The molecular formula is C22H26O5. The Morgan fingerprint density at radius 3 is 2.59 bits per heavy atom. The molecular weight excluding hydrogens is 344 g/mol. The molecule has 27 heavy (non-hydrogen) atoms. The Hall–Kier alpha value is -2.82. The molecule has 5 nitrogen and oxygen atoms in total. The minimum absolute atomic E-state index is 0.255. The van der Waals surface area contributed by atoms with Gasteiger partial charge in [0.05, 0.1) is 11.5 Å². The summed E-state index contributed by atoms with van der Waals surface area (Å²) < 4.78 is 16.5. The summed E-state index contributed by atoms with van der Waals surface area (Å²) in [4.78, 5) is 23.1. The molecule has 1 aromatic heterocycles. The number of allylic oxidation sites excluding steroid dienone is 1. The highest BCUT2D eigenvalue weighted by Crippen LogP contribution is 2.27. The number of esters is 1. The fourth-order valence-electron chi connectivity index (χ4n) is 2.74. The van der Waals surface area contributed by atoms with E-state index in [4.69, 9.17) is 13.9 Å². The van der Waals surface area contributed by atoms with Crippen LogP contribution in [0.2, 0.25) is 0 Å². The summed E-state index contributed by atoms with van der Waals surface area (Å²) >= 11 is 0. The van der Waals surface area contributed by atoms with Crippen molar-refractivity contribution >= 4 is 16.9 Å². The summed E-state index contributed by atoms with van der Waals surface area (Å²) in [5, 5.41) is 0.782. The van der Waals surface area contributed by atoms with E-state index in [0.29, 0.717) is 17.8 Å². The maximum absolute atomic E-state index is 11.8. The zero-order valence-corrected chi connectivity index (χ0v) is 16.5. The number of ether oxygens (including phenoxy) is 2. The van der Waals surface area contributed by atoms with E-state index in [1.807, 2.05) is 52.0 Å². The van der Waals surface area contributed by atoms with Crippen molar-refractivity contribution in [1.29, 1.82) is 0 Å². The van der Waals surface area contributed by atoms with Crippen LogP contribution >= 0.6 is 0 Å². The fourth-order valence-corrected chi connectivity index (χ4v) is 2.74. The number of benzene rings is 1. The van der Waals surface area contributed by atoms with Crippen LogP contribution in [0.5, 0.6) is 5.75 Å². The van der Waals surface area contributed by atoms with E-state index in [9.17, 15) is 9.59 Å². The largest absolute Gasteiger partial charge is 0.488 e. The molecule has 0 N–H and O–H groups in total. The summed E-state index contributed by atoms with van der Waals surface area (Å²) in [5.74, 6) is 0.162. The average Bonchev–Trinajstić information content (AvgIpc) is 2.57. The van der Waals surface area contributed by atoms with Gasteiger partial charge in [-0.25, -0.2) is 4.79 Å². The molecule has 2 rings (SSSR count). The molecule has 0 radical (unpaired) electrons. The van der Waals surface area contributed by atoms with Crippen molar-refractivity contribution in [3.05, 3.63) is 63.5 Å². The Morgan fingerprint density at radius 2 is 1.93 bits per heavy atom. The Bertz CT molecular complexity index is 929. The zero-order chi connectivity index (χ0) is 20.0. The van der Waals surface area contributed by atoms with E-state index in [2.05, 4.69) is 0 Å². The molecule has 0 unspecified atom stereocenters. The normalized spacial score (nSPS) is 12.6. The van der Waals surface area contributed by atoms with Crippen molar-refractivity contribution in [2.45, 2.75) is 47.1 Å². The highest BCUT2D eigenvalue weighted by atomic mass is 16.5. The molecule has 0 saturated carbocycles. The van der Waals surface area contributed by atoms with E-state index >= 15 is 0 Å². The van der Waals surface area contributed by atoms with E-state index in [-0.39, 0.29) is 18.7 Å². The molecule has 0 aliphatic heterocycles. The van der Waals surface area contributed by atoms with Crippen LogP contribution in [0, 0.1) is 6.92 Å². The third-order valence-corrected chi connectivity index (χ3v) is 4.14. The standard InChI is InChI=1S/C22H26O5/c1-14(2)9-10-18(26-17(5)23)15(3)11-12-25-20-13-21(24)27-19-8-6-7-16(4)22(19)20/h6-9,11,13,18H,10,12H2,1-5H3/b15-11+/t18-/m1/s1. The van der Waals surface area contributed by atoms with Crippen LogP contribution in [0.15, 0.2) is 56.8 Å². The van der Waals surface area contributed by atoms with Crippen LogP contribution in [0.25, 0.3) is 11.0 Å². The van der Waals surface area contributed by atoms with Gasteiger partial charge in [0.1, 0.15) is 24.0 Å². The van der Waals surface area contributed by atoms with Gasteiger partial charge < -0.3 is 13.9 Å². The summed E-state index contributed by atoms with van der Waals surface area (Å²) in [6, 6.07) is 6.87. The number of fused-ring (bicyclic) bond motifs is 1. The van der Waals surface area contributed by atoms with Gasteiger partial charge in [-0.05, 0) is 51.0 Å². The molecule has 1 heterocycles. The van der Waals surface area contributed by atoms with Gasteiger partial charge in [0, 0.05) is 13.3 Å². The lowest BCUT2D eigenvalue weighted by atomic mass is 10.1. The second kappa shape index (κ2) is 9.21. The molecule has 1 aromatic carbocycles. The van der Waals surface area contributed by atoms with Crippen molar-refractivity contribution in [2.24, 2.45) is 0 Å². The first-order valence-electron chi connectivity index (χ1n) is 8.91. The van der Waals surface area contributed by atoms with Gasteiger partial charge in [-0.3, -0.25) is 4.79 Å². The van der Waals surface area contributed by atoms with Gasteiger partial charge in [0.25, 0.3) is 0 Å². The fraction of sp³-hybridized carbons (Fsp3) is 0.364. The topological polar surface area (TPSA) is 65.7 Å². The van der Waals surface area contributed by atoms with Gasteiger partial charge in [-0.2, -0.15) is 0 Å². The molecule has 0 aliphatic rings. The monoisotopic (exact) mass is 370 g/mol. The van der Waals surface area contributed by atoms with Crippen LogP contribution in [-0.2, 0) is 9.53 Å². The number of rotatable bonds is 7. The quantitative estimate of drug-likeness (QED) is 0.401. The highest BCUT2D eigenvalue weighted by Gasteiger charge is 2.13. The molecule has 0 amide bonds. The summed E-state index contributed by atoms with van der Waals surface area (Å²) in [5.41, 5.74) is 3.07. The molecule has 0 aliphatic carbocycles. The summed E-state index contributed by atoms with van der Waals surface area (Å²) in [7, 11) is 0. The first kappa shape index (κ1) is 20.5. The lowest BCUT2D eigenvalue weighted by Gasteiger charge is -2.17. The molecule has 1 atom stereocenters. The van der Waals surface area contributed by atoms with Gasteiger partial charge in [-0.15, -0.1) is 0 Å². The first-order chi connectivity index (χ1) is 12.8. The third-order valence-electron chi connectivity index (χ3n) is 4.14. The second-order valence-corrected chi connectivity index (χ2v) is 6.75. The summed E-state index contributed by atoms with van der Waals surface area (Å²) in [6.07, 6.45) is 4.18. The van der Waals surface area contributed by atoms with E-state index < -0.39 is 5.63 Å². The SMILES string of the molecule is CC(=O)O[C@H](CC=C(C)C)/C(C)=C/COc1cc(=O)oc2cccc(C)c12. The smallest absolute Gasteiger partial charge is 0.339 e. The second-order valence-electron chi connectivity index (χ2n) is 6.75. The average molecular weight is 370 g/mol. The first-order valence-corrected chi connectivity index (χ1v) is 8.91. The molecule has 5 heteroatoms. The predicted octanol–water partition coefficient (Wildman–Crippen LogP) is 4.71. The van der Waals surface area contributed by atoms with Crippen LogP contribution in [0.4, 0.5) is 0 Å². The number of carbonyl (C=O) groups excluding carboxylic acids is 1. The number of carbonyl (C=O) groups is 1. The Balaban J connectivity index is 2.20. The van der Waals surface area contributed by atoms with Crippen LogP contribution in [-0.4, -0.2) is 18.7 Å². The molecule has 0 fully saturated rings. The van der Waals surface area contributed by atoms with E-state index in [0.717, 1.165) is 22.1 Å². The van der Waals surface area contributed by atoms with Crippen LogP contribution in [0.3, 0.4) is 0 Å². The molecule has 0 bridgehead atoms. The maximum atomic E-state index is 11.8. The van der Waals surface area contributed by atoms with Crippen LogP contribution < -0.4 is 10.4 Å². The molecule has 0 spiro atoms. The minimum atomic E-state index is -0.454. The van der Waals surface area contributed by atoms with E-state index in [1.54, 1.807) is 6.07 Å². The lowest BCUT2D eigenvalue weighted by molar-refractivity contribution is -0.144. The van der Waals surface area contributed by atoms with Crippen molar-refractivity contribution in [2.75, 3.05) is 6.61 Å². The van der Waals surface area contributed by atoms with Crippen molar-refractivity contribution in [1.82, 2.24) is 0 Å². The van der Waals surface area contributed by atoms with Gasteiger partial charge >= 0.3 is 11.6 Å². The minimum Gasteiger partial charge on any atom is -0.488 e. The van der Waals surface area contributed by atoms with Crippen molar-refractivity contribution < 1.29 is 18.7 Å². The predicted molar refractivity (Wildman–Crippen MR) is 106 cm³/mol. The Morgan fingerprint density at radius 1 is 1.19 bits per heavy atom. The van der Waals surface area contributed by atoms with Gasteiger partial charge in [-0.1, -0.05) is 23.8 Å². The Labute approximate surface area is 159 Å². The van der Waals surface area contributed by atoms with E-state index in [1.165, 1.54) is 13.0 Å². The maximum Gasteiger partial charge on any atom is 0.339 e. The molecule has 144 valence electrons. The van der Waals surface area contributed by atoms with Gasteiger partial charge in [0.2, 0.25) is 0 Å². The number of aryl methyl sites for hydroxylation is 1. The van der Waals surface area contributed by atoms with Crippen molar-refractivity contribution in [3.8, 4) is 5.75 Å². The number of hydrogen-bond acceptors (Lipinski definition) is 5. The zero-order valence-electron chi connectivity index (χ0n) is 16.5. The van der Waals surface area contributed by atoms with Gasteiger partial charge in [0.15, 0.2) is 0 Å².